The van der Waals surface area contributed by atoms with E-state index >= 15 is 0 Å². The molecule has 0 atom stereocenters. The topological polar surface area (TPSA) is 78.1 Å². The Bertz CT molecular complexity index is 1080. The van der Waals surface area contributed by atoms with E-state index < -0.39 is 0 Å². The molecule has 2 amide bonds. The van der Waals surface area contributed by atoms with Crippen LogP contribution < -0.4 is 5.32 Å². The molecule has 1 aromatic heterocycles. The Morgan fingerprint density at radius 1 is 1.24 bits per heavy atom. The number of hydrogen-bond donors (Lipinski definition) is 2. The Kier molecular flexibility index (Phi) is 5.62. The molecule has 4 rings (SSSR count). The van der Waals surface area contributed by atoms with Crippen LogP contribution >= 0.6 is 11.8 Å². The van der Waals surface area contributed by atoms with Crippen LogP contribution in [0.5, 0.6) is 0 Å². The lowest BCUT2D eigenvalue weighted by Gasteiger charge is -2.28. The molecule has 2 aromatic carbocycles. The van der Waals surface area contributed by atoms with Crippen LogP contribution in [0.25, 0.3) is 16.7 Å². The minimum absolute atomic E-state index is 0.0362. The van der Waals surface area contributed by atoms with E-state index in [0.717, 1.165) is 11.3 Å². The SMILES string of the molecule is O=C(CN1C(=O)CSC=C1c1ccccc1)NCCc1nc2ccc(F)cc2[nH]1. The number of rotatable bonds is 6. The van der Waals surface area contributed by atoms with Crippen molar-refractivity contribution < 1.29 is 14.0 Å². The average molecular weight is 410 g/mol. The van der Waals surface area contributed by atoms with Crippen molar-refractivity contribution in [2.75, 3.05) is 18.8 Å². The average Bonchev–Trinajstić information content (AvgIpc) is 3.12. The Morgan fingerprint density at radius 2 is 2.07 bits per heavy atom. The zero-order valence-electron chi connectivity index (χ0n) is 15.5. The summed E-state index contributed by atoms with van der Waals surface area (Å²) in [5.74, 6) is 0.327. The number of thioether (sulfide) groups is 1. The zero-order valence-corrected chi connectivity index (χ0v) is 16.3. The number of aromatic nitrogens is 2. The number of carbonyl (C=O) groups excluding carboxylic acids is 2. The third-order valence-electron chi connectivity index (χ3n) is 4.54. The largest absolute Gasteiger partial charge is 0.354 e. The van der Waals surface area contributed by atoms with Gasteiger partial charge in [0.25, 0.3) is 0 Å². The molecule has 0 saturated carbocycles. The second kappa shape index (κ2) is 8.48. The fourth-order valence-electron chi connectivity index (χ4n) is 3.15. The summed E-state index contributed by atoms with van der Waals surface area (Å²) in [6.45, 7) is 0.327. The van der Waals surface area contributed by atoms with E-state index in [-0.39, 0.29) is 24.2 Å². The van der Waals surface area contributed by atoms with Crippen LogP contribution in [0, 0.1) is 5.82 Å². The van der Waals surface area contributed by atoms with Gasteiger partial charge in [0.1, 0.15) is 18.2 Å². The van der Waals surface area contributed by atoms with Gasteiger partial charge in [-0.25, -0.2) is 9.37 Å². The van der Waals surface area contributed by atoms with Crippen molar-refractivity contribution in [1.29, 1.82) is 0 Å². The third kappa shape index (κ3) is 4.48. The summed E-state index contributed by atoms with van der Waals surface area (Å²) in [6.07, 6.45) is 0.479. The van der Waals surface area contributed by atoms with Crippen LogP contribution in [0.15, 0.2) is 53.9 Å². The number of amides is 2. The number of imidazole rings is 1. The lowest BCUT2D eigenvalue weighted by molar-refractivity contribution is -0.131. The van der Waals surface area contributed by atoms with Crippen molar-refractivity contribution in [2.45, 2.75) is 6.42 Å². The molecule has 0 radical (unpaired) electrons. The van der Waals surface area contributed by atoms with Crippen molar-refractivity contribution in [3.8, 4) is 0 Å². The van der Waals surface area contributed by atoms with Crippen LogP contribution in [0.4, 0.5) is 4.39 Å². The van der Waals surface area contributed by atoms with Crippen molar-refractivity contribution in [2.24, 2.45) is 0 Å². The standard InChI is InChI=1S/C21H19FN4O2S/c22-15-6-7-16-17(10-15)25-19(24-16)8-9-23-20(27)11-26-18(12-29-13-21(26)28)14-4-2-1-3-5-14/h1-7,10,12H,8-9,11,13H2,(H,23,27)(H,24,25). The molecule has 0 unspecified atom stereocenters. The fraction of sp³-hybridized carbons (Fsp3) is 0.190. The second-order valence-electron chi connectivity index (χ2n) is 6.60. The third-order valence-corrected chi connectivity index (χ3v) is 5.35. The molecule has 6 nitrogen and oxygen atoms in total. The molecule has 0 fully saturated rings. The predicted molar refractivity (Wildman–Crippen MR) is 111 cm³/mol. The van der Waals surface area contributed by atoms with Crippen LogP contribution in [0.2, 0.25) is 0 Å². The van der Waals surface area contributed by atoms with Gasteiger partial charge in [0, 0.05) is 13.0 Å². The molecule has 0 saturated heterocycles. The van der Waals surface area contributed by atoms with Gasteiger partial charge in [0.05, 0.1) is 22.5 Å². The Hall–Kier alpha value is -3.13. The van der Waals surface area contributed by atoms with Gasteiger partial charge in [-0.2, -0.15) is 0 Å². The summed E-state index contributed by atoms with van der Waals surface area (Å²) in [6, 6.07) is 13.9. The number of H-pyrrole nitrogens is 1. The van der Waals surface area contributed by atoms with Gasteiger partial charge in [-0.3, -0.25) is 9.59 Å². The van der Waals surface area contributed by atoms with Gasteiger partial charge >= 0.3 is 0 Å². The lowest BCUT2D eigenvalue weighted by Crippen LogP contribution is -2.42. The minimum atomic E-state index is -0.326. The fourth-order valence-corrected chi connectivity index (χ4v) is 3.95. The van der Waals surface area contributed by atoms with Gasteiger partial charge in [-0.1, -0.05) is 30.3 Å². The van der Waals surface area contributed by atoms with Crippen LogP contribution in [0.3, 0.4) is 0 Å². The number of hydrogen-bond acceptors (Lipinski definition) is 4. The van der Waals surface area contributed by atoms with Gasteiger partial charge in [-0.15, -0.1) is 11.8 Å². The molecule has 1 aliphatic heterocycles. The van der Waals surface area contributed by atoms with Crippen molar-refractivity contribution in [1.82, 2.24) is 20.2 Å². The van der Waals surface area contributed by atoms with E-state index in [1.54, 1.807) is 6.07 Å². The number of aromatic amines is 1. The number of nitrogens with zero attached hydrogens (tertiary/aromatic N) is 2. The van der Waals surface area contributed by atoms with E-state index in [2.05, 4.69) is 15.3 Å². The summed E-state index contributed by atoms with van der Waals surface area (Å²) >= 11 is 1.43. The monoisotopic (exact) mass is 410 g/mol. The van der Waals surface area contributed by atoms with E-state index in [9.17, 15) is 14.0 Å². The summed E-state index contributed by atoms with van der Waals surface area (Å²) in [7, 11) is 0. The minimum Gasteiger partial charge on any atom is -0.354 e. The predicted octanol–water partition coefficient (Wildman–Crippen LogP) is 2.93. The molecule has 148 valence electrons. The van der Waals surface area contributed by atoms with Crippen molar-refractivity contribution >= 4 is 40.3 Å². The molecule has 0 aliphatic carbocycles. The highest BCUT2D eigenvalue weighted by Crippen LogP contribution is 2.27. The van der Waals surface area contributed by atoms with E-state index in [4.69, 9.17) is 0 Å². The Labute approximate surface area is 171 Å². The van der Waals surface area contributed by atoms with Gasteiger partial charge in [0.2, 0.25) is 11.8 Å². The first-order valence-electron chi connectivity index (χ1n) is 9.18. The molecular weight excluding hydrogens is 391 g/mol. The van der Waals surface area contributed by atoms with Gasteiger partial charge < -0.3 is 15.2 Å². The maximum Gasteiger partial charge on any atom is 0.240 e. The normalized spacial score (nSPS) is 14.2. The zero-order chi connectivity index (χ0) is 20.2. The quantitative estimate of drug-likeness (QED) is 0.655. The molecule has 3 aromatic rings. The maximum absolute atomic E-state index is 13.3. The Balaban J connectivity index is 1.36. The van der Waals surface area contributed by atoms with Crippen LogP contribution in [-0.2, 0) is 16.0 Å². The first-order chi connectivity index (χ1) is 14.1. The number of carbonyl (C=O) groups is 2. The van der Waals surface area contributed by atoms with Gasteiger partial charge in [-0.05, 0) is 29.2 Å². The number of nitrogens with one attached hydrogen (secondary N) is 2. The van der Waals surface area contributed by atoms with Gasteiger partial charge in [0.15, 0.2) is 0 Å². The molecule has 29 heavy (non-hydrogen) atoms. The number of halogens is 1. The number of fused-ring (bicyclic) bond motifs is 1. The van der Waals surface area contributed by atoms with Crippen LogP contribution in [0.1, 0.15) is 11.4 Å². The van der Waals surface area contributed by atoms with Crippen molar-refractivity contribution in [3.63, 3.8) is 0 Å². The highest BCUT2D eigenvalue weighted by atomic mass is 32.2. The first kappa shape index (κ1) is 19.2. The number of benzene rings is 2. The molecule has 0 bridgehead atoms. The van der Waals surface area contributed by atoms with Crippen LogP contribution in [-0.4, -0.2) is 45.5 Å². The highest BCUT2D eigenvalue weighted by Gasteiger charge is 2.25. The molecule has 8 heteroatoms. The second-order valence-corrected chi connectivity index (χ2v) is 7.46. The van der Waals surface area contributed by atoms with Crippen molar-refractivity contribution in [3.05, 3.63) is 71.1 Å². The Morgan fingerprint density at radius 3 is 2.90 bits per heavy atom. The van der Waals surface area contributed by atoms with E-state index in [1.165, 1.54) is 28.8 Å². The highest BCUT2D eigenvalue weighted by molar-refractivity contribution is 8.03. The maximum atomic E-state index is 13.3. The summed E-state index contributed by atoms with van der Waals surface area (Å²) in [4.78, 5) is 33.7. The lowest BCUT2D eigenvalue weighted by atomic mass is 10.1. The van der Waals surface area contributed by atoms with E-state index in [0.29, 0.717) is 35.6 Å². The molecular formula is C21H19FN4O2S. The molecule has 2 N–H and O–H groups in total. The summed E-state index contributed by atoms with van der Waals surface area (Å²) < 4.78 is 13.3. The smallest absolute Gasteiger partial charge is 0.240 e. The summed E-state index contributed by atoms with van der Waals surface area (Å²) in [5.41, 5.74) is 2.94. The molecule has 2 heterocycles. The first-order valence-corrected chi connectivity index (χ1v) is 10.2. The summed E-state index contributed by atoms with van der Waals surface area (Å²) in [5, 5.41) is 4.74. The molecule has 0 spiro atoms. The van der Waals surface area contributed by atoms with E-state index in [1.807, 2.05) is 35.7 Å². The molecule has 1 aliphatic rings.